The molecule has 4 heterocycles. The van der Waals surface area contributed by atoms with Gasteiger partial charge in [-0.3, -0.25) is 9.88 Å². The van der Waals surface area contributed by atoms with Gasteiger partial charge in [-0.2, -0.15) is 0 Å². The Labute approximate surface area is 151 Å². The number of aromatic nitrogens is 2. The third-order valence-electron chi connectivity index (χ3n) is 4.53. The SMILES string of the molecule is c1ccc(-c2nc(CNCC(c3ccco3)N3CCCC3)cs2)nc1. The van der Waals surface area contributed by atoms with Crippen molar-refractivity contribution < 1.29 is 4.42 Å². The van der Waals surface area contributed by atoms with Gasteiger partial charge in [-0.15, -0.1) is 11.3 Å². The molecule has 1 aliphatic rings. The van der Waals surface area contributed by atoms with Crippen LogP contribution < -0.4 is 5.32 Å². The highest BCUT2D eigenvalue weighted by molar-refractivity contribution is 7.13. The van der Waals surface area contributed by atoms with E-state index < -0.39 is 0 Å². The zero-order chi connectivity index (χ0) is 16.9. The van der Waals surface area contributed by atoms with Crippen LogP contribution in [0, 0.1) is 0 Å². The maximum atomic E-state index is 5.67. The lowest BCUT2D eigenvalue weighted by molar-refractivity contribution is 0.209. The maximum Gasteiger partial charge on any atom is 0.142 e. The predicted molar refractivity (Wildman–Crippen MR) is 99.3 cm³/mol. The molecule has 0 aromatic carbocycles. The Morgan fingerprint density at radius 3 is 2.88 bits per heavy atom. The molecule has 1 aliphatic heterocycles. The molecule has 4 rings (SSSR count). The molecule has 6 heteroatoms. The monoisotopic (exact) mass is 354 g/mol. The lowest BCUT2D eigenvalue weighted by Crippen LogP contribution is -2.33. The van der Waals surface area contributed by atoms with E-state index in [4.69, 9.17) is 9.40 Å². The Bertz CT molecular complexity index is 766. The van der Waals surface area contributed by atoms with Crippen LogP contribution in [0.2, 0.25) is 0 Å². The predicted octanol–water partition coefficient (Wildman–Crippen LogP) is 3.72. The highest BCUT2D eigenvalue weighted by atomic mass is 32.1. The molecule has 0 aliphatic carbocycles. The quantitative estimate of drug-likeness (QED) is 0.701. The van der Waals surface area contributed by atoms with Crippen molar-refractivity contribution in [1.29, 1.82) is 0 Å². The fraction of sp³-hybridized carbons (Fsp3) is 0.368. The number of pyridine rings is 1. The van der Waals surface area contributed by atoms with Gasteiger partial charge >= 0.3 is 0 Å². The molecule has 130 valence electrons. The first-order valence-electron chi connectivity index (χ1n) is 8.74. The van der Waals surface area contributed by atoms with Crippen LogP contribution in [0.4, 0.5) is 0 Å². The molecule has 0 spiro atoms. The summed E-state index contributed by atoms with van der Waals surface area (Å²) in [4.78, 5) is 11.6. The van der Waals surface area contributed by atoms with Crippen molar-refractivity contribution in [3.63, 3.8) is 0 Å². The number of furan rings is 1. The highest BCUT2D eigenvalue weighted by Gasteiger charge is 2.25. The zero-order valence-corrected chi connectivity index (χ0v) is 14.9. The van der Waals surface area contributed by atoms with Crippen molar-refractivity contribution in [2.24, 2.45) is 0 Å². The Kier molecular flexibility index (Phi) is 5.20. The summed E-state index contributed by atoms with van der Waals surface area (Å²) in [6.45, 7) is 3.92. The van der Waals surface area contributed by atoms with Gasteiger partial charge in [0, 0.05) is 24.7 Å². The van der Waals surface area contributed by atoms with E-state index in [9.17, 15) is 0 Å². The van der Waals surface area contributed by atoms with E-state index in [2.05, 4.69) is 26.6 Å². The van der Waals surface area contributed by atoms with Gasteiger partial charge in [0.05, 0.1) is 23.7 Å². The summed E-state index contributed by atoms with van der Waals surface area (Å²) in [6.07, 6.45) is 6.12. The number of hydrogen-bond acceptors (Lipinski definition) is 6. The molecule has 1 saturated heterocycles. The van der Waals surface area contributed by atoms with Crippen molar-refractivity contribution in [3.05, 3.63) is 59.6 Å². The average molecular weight is 354 g/mol. The number of nitrogens with one attached hydrogen (secondary N) is 1. The number of hydrogen-bond donors (Lipinski definition) is 1. The topological polar surface area (TPSA) is 54.2 Å². The van der Waals surface area contributed by atoms with Gasteiger partial charge in [-0.1, -0.05) is 6.07 Å². The lowest BCUT2D eigenvalue weighted by atomic mass is 10.2. The molecular weight excluding hydrogens is 332 g/mol. The van der Waals surface area contributed by atoms with Crippen molar-refractivity contribution in [3.8, 4) is 10.7 Å². The van der Waals surface area contributed by atoms with E-state index in [0.717, 1.165) is 48.3 Å². The first-order chi connectivity index (χ1) is 12.4. The molecule has 0 amide bonds. The lowest BCUT2D eigenvalue weighted by Gasteiger charge is -2.26. The van der Waals surface area contributed by atoms with E-state index in [1.54, 1.807) is 23.8 Å². The summed E-state index contributed by atoms with van der Waals surface area (Å²) in [5.41, 5.74) is 1.99. The summed E-state index contributed by atoms with van der Waals surface area (Å²) in [5, 5.41) is 6.63. The van der Waals surface area contributed by atoms with Crippen LogP contribution in [0.1, 0.15) is 30.3 Å². The van der Waals surface area contributed by atoms with Gasteiger partial charge < -0.3 is 9.73 Å². The Morgan fingerprint density at radius 1 is 1.20 bits per heavy atom. The van der Waals surface area contributed by atoms with Gasteiger partial charge in [0.2, 0.25) is 0 Å². The van der Waals surface area contributed by atoms with E-state index in [0.29, 0.717) is 6.04 Å². The summed E-state index contributed by atoms with van der Waals surface area (Å²) in [6, 6.07) is 10.3. The van der Waals surface area contributed by atoms with Crippen LogP contribution in [0.25, 0.3) is 10.7 Å². The second kappa shape index (κ2) is 7.91. The third-order valence-corrected chi connectivity index (χ3v) is 5.45. The number of likely N-dealkylation sites (tertiary alicyclic amines) is 1. The van der Waals surface area contributed by atoms with Crippen LogP contribution in [0.5, 0.6) is 0 Å². The zero-order valence-electron chi connectivity index (χ0n) is 14.1. The molecule has 1 fully saturated rings. The van der Waals surface area contributed by atoms with Crippen LogP contribution in [-0.4, -0.2) is 34.5 Å². The molecule has 0 bridgehead atoms. The molecule has 1 atom stereocenters. The van der Waals surface area contributed by atoms with E-state index >= 15 is 0 Å². The Hall–Kier alpha value is -2.02. The Balaban J connectivity index is 1.37. The smallest absolute Gasteiger partial charge is 0.142 e. The Morgan fingerprint density at radius 2 is 2.12 bits per heavy atom. The molecular formula is C19H22N4OS. The number of nitrogens with zero attached hydrogens (tertiary/aromatic N) is 3. The number of rotatable bonds is 7. The normalized spacial score (nSPS) is 16.3. The van der Waals surface area contributed by atoms with Crippen molar-refractivity contribution in [1.82, 2.24) is 20.2 Å². The van der Waals surface area contributed by atoms with Crippen molar-refractivity contribution in [2.45, 2.75) is 25.4 Å². The highest BCUT2D eigenvalue weighted by Crippen LogP contribution is 2.25. The third kappa shape index (κ3) is 3.98. The molecule has 3 aromatic rings. The molecule has 0 saturated carbocycles. The van der Waals surface area contributed by atoms with Crippen LogP contribution in [0.3, 0.4) is 0 Å². The molecule has 25 heavy (non-hydrogen) atoms. The van der Waals surface area contributed by atoms with E-state index in [1.165, 1.54) is 12.8 Å². The van der Waals surface area contributed by atoms with E-state index in [1.807, 2.05) is 24.3 Å². The van der Waals surface area contributed by atoms with Gasteiger partial charge in [0.25, 0.3) is 0 Å². The number of thiazole rings is 1. The minimum absolute atomic E-state index is 0.298. The standard InChI is InChI=1S/C19H22N4OS/c1-2-8-21-16(6-1)19-22-15(14-25-19)12-20-13-17(18-7-5-11-24-18)23-9-3-4-10-23/h1-2,5-8,11,14,17,20H,3-4,9-10,12-13H2. The second-order valence-electron chi connectivity index (χ2n) is 6.26. The molecule has 0 radical (unpaired) electrons. The van der Waals surface area contributed by atoms with Gasteiger partial charge in [-0.05, 0) is 50.2 Å². The van der Waals surface area contributed by atoms with Crippen molar-refractivity contribution >= 4 is 11.3 Å². The van der Waals surface area contributed by atoms with Gasteiger partial charge in [-0.25, -0.2) is 4.98 Å². The van der Waals surface area contributed by atoms with Gasteiger partial charge in [0.15, 0.2) is 0 Å². The second-order valence-corrected chi connectivity index (χ2v) is 7.12. The van der Waals surface area contributed by atoms with Crippen LogP contribution in [0.15, 0.2) is 52.6 Å². The molecule has 1 N–H and O–H groups in total. The minimum atomic E-state index is 0.298. The maximum absolute atomic E-state index is 5.67. The molecule has 5 nitrogen and oxygen atoms in total. The van der Waals surface area contributed by atoms with Gasteiger partial charge in [0.1, 0.15) is 10.8 Å². The minimum Gasteiger partial charge on any atom is -0.468 e. The largest absolute Gasteiger partial charge is 0.468 e. The fourth-order valence-corrected chi connectivity index (χ4v) is 4.07. The summed E-state index contributed by atoms with van der Waals surface area (Å²) < 4.78 is 5.67. The summed E-state index contributed by atoms with van der Waals surface area (Å²) >= 11 is 1.64. The first kappa shape index (κ1) is 16.4. The van der Waals surface area contributed by atoms with E-state index in [-0.39, 0.29) is 0 Å². The summed E-state index contributed by atoms with van der Waals surface area (Å²) in [5.74, 6) is 1.04. The fourth-order valence-electron chi connectivity index (χ4n) is 3.28. The van der Waals surface area contributed by atoms with Crippen LogP contribution in [-0.2, 0) is 6.54 Å². The van der Waals surface area contributed by atoms with Crippen molar-refractivity contribution in [2.75, 3.05) is 19.6 Å². The molecule has 3 aromatic heterocycles. The molecule has 1 unspecified atom stereocenters. The van der Waals surface area contributed by atoms with Crippen LogP contribution >= 0.6 is 11.3 Å². The summed E-state index contributed by atoms with van der Waals surface area (Å²) in [7, 11) is 0. The first-order valence-corrected chi connectivity index (χ1v) is 9.62. The average Bonchev–Trinajstić information content (AvgIpc) is 3.42.